The first-order valence-electron chi connectivity index (χ1n) is 5.10. The van der Waals surface area contributed by atoms with Crippen LogP contribution in [-0.4, -0.2) is 25.5 Å². The number of aliphatic carboxylic acids is 1. The lowest BCUT2D eigenvalue weighted by Crippen LogP contribution is -2.41. The van der Waals surface area contributed by atoms with Crippen LogP contribution in [0, 0.1) is 5.92 Å². The fourth-order valence-electron chi connectivity index (χ4n) is 1.33. The Bertz CT molecular complexity index is 463. The molecule has 0 aromatic carbocycles. The number of carboxylic acid groups (broad SMARTS) is 1. The van der Waals surface area contributed by atoms with E-state index in [0.29, 0.717) is 0 Å². The van der Waals surface area contributed by atoms with Gasteiger partial charge in [0.05, 0.1) is 6.26 Å². The van der Waals surface area contributed by atoms with Gasteiger partial charge in [0, 0.05) is 0 Å². The van der Waals surface area contributed by atoms with Gasteiger partial charge in [0.1, 0.15) is 17.2 Å². The van der Waals surface area contributed by atoms with Crippen LogP contribution in [0.2, 0.25) is 0 Å². The first-order valence-corrected chi connectivity index (χ1v) is 6.58. The van der Waals surface area contributed by atoms with Crippen molar-refractivity contribution < 1.29 is 22.7 Å². The highest BCUT2D eigenvalue weighted by Gasteiger charge is 2.26. The van der Waals surface area contributed by atoms with Crippen LogP contribution in [0.5, 0.6) is 0 Å². The first kappa shape index (κ1) is 13.7. The zero-order valence-corrected chi connectivity index (χ0v) is 10.4. The van der Waals surface area contributed by atoms with Crippen LogP contribution in [0.3, 0.4) is 0 Å². The van der Waals surface area contributed by atoms with Gasteiger partial charge in [-0.3, -0.25) is 4.79 Å². The Morgan fingerprint density at radius 2 is 2.18 bits per heavy atom. The minimum Gasteiger partial charge on any atom is -0.480 e. The maximum Gasteiger partial charge on any atom is 0.321 e. The molecule has 0 spiro atoms. The van der Waals surface area contributed by atoms with Crippen molar-refractivity contribution in [2.75, 3.05) is 0 Å². The van der Waals surface area contributed by atoms with E-state index in [0.717, 1.165) is 6.26 Å². The van der Waals surface area contributed by atoms with E-state index in [4.69, 9.17) is 5.11 Å². The van der Waals surface area contributed by atoms with Crippen LogP contribution in [0.15, 0.2) is 27.9 Å². The van der Waals surface area contributed by atoms with E-state index in [1.165, 1.54) is 12.3 Å². The third-order valence-corrected chi connectivity index (χ3v) is 3.56. The molecule has 1 unspecified atom stereocenters. The third kappa shape index (κ3) is 3.86. The van der Waals surface area contributed by atoms with Crippen LogP contribution >= 0.6 is 0 Å². The number of rotatable bonds is 6. The second-order valence-electron chi connectivity index (χ2n) is 4.10. The summed E-state index contributed by atoms with van der Waals surface area (Å²) in [6.45, 7) is 3.64. The number of hydrogen-bond acceptors (Lipinski definition) is 4. The number of carbonyl (C=O) groups is 1. The van der Waals surface area contributed by atoms with Crippen LogP contribution in [-0.2, 0) is 14.8 Å². The van der Waals surface area contributed by atoms with Crippen molar-refractivity contribution in [1.29, 1.82) is 0 Å². The Balaban J connectivity index is 2.84. The molecule has 1 aromatic rings. The highest BCUT2D eigenvalue weighted by atomic mass is 32.2. The number of sulfonamides is 1. The Morgan fingerprint density at radius 1 is 1.53 bits per heavy atom. The smallest absolute Gasteiger partial charge is 0.321 e. The van der Waals surface area contributed by atoms with Crippen molar-refractivity contribution in [3.05, 3.63) is 18.6 Å². The topological polar surface area (TPSA) is 96.6 Å². The monoisotopic (exact) mass is 261 g/mol. The summed E-state index contributed by atoms with van der Waals surface area (Å²) in [6.07, 6.45) is 2.50. The Kier molecular flexibility index (Phi) is 4.30. The van der Waals surface area contributed by atoms with Crippen molar-refractivity contribution in [3.63, 3.8) is 0 Å². The molecule has 0 aliphatic carbocycles. The fraction of sp³-hybridized carbons (Fsp3) is 0.500. The molecule has 0 saturated carbocycles. The van der Waals surface area contributed by atoms with Crippen LogP contribution in [0.25, 0.3) is 0 Å². The Labute approximate surface area is 99.7 Å². The maximum absolute atomic E-state index is 11.8. The first-order chi connectivity index (χ1) is 7.83. The van der Waals surface area contributed by atoms with Gasteiger partial charge >= 0.3 is 5.97 Å². The molecule has 2 N–H and O–H groups in total. The van der Waals surface area contributed by atoms with E-state index < -0.39 is 22.0 Å². The zero-order valence-electron chi connectivity index (χ0n) is 9.58. The van der Waals surface area contributed by atoms with E-state index in [-0.39, 0.29) is 17.2 Å². The van der Waals surface area contributed by atoms with Gasteiger partial charge in [-0.15, -0.1) is 0 Å². The largest absolute Gasteiger partial charge is 0.480 e. The molecule has 7 heteroatoms. The van der Waals surface area contributed by atoms with Gasteiger partial charge in [-0.2, -0.15) is 4.72 Å². The molecule has 0 bridgehead atoms. The second kappa shape index (κ2) is 5.33. The zero-order chi connectivity index (χ0) is 13.1. The third-order valence-electron chi connectivity index (χ3n) is 2.11. The summed E-state index contributed by atoms with van der Waals surface area (Å²) in [5.74, 6) is -1.12. The average Bonchev–Trinajstić information content (AvgIpc) is 2.68. The average molecular weight is 261 g/mol. The van der Waals surface area contributed by atoms with Crippen LogP contribution < -0.4 is 4.72 Å². The molecule has 1 atom stereocenters. The summed E-state index contributed by atoms with van der Waals surface area (Å²) < 4.78 is 30.3. The molecule has 0 fully saturated rings. The molecule has 6 nitrogen and oxygen atoms in total. The molecule has 17 heavy (non-hydrogen) atoms. The number of carboxylic acids is 1. The van der Waals surface area contributed by atoms with Gasteiger partial charge in [0.15, 0.2) is 0 Å². The molecule has 0 radical (unpaired) electrons. The molecule has 0 aliphatic rings. The predicted octanol–water partition coefficient (Wildman–Crippen LogP) is 1.06. The second-order valence-corrected chi connectivity index (χ2v) is 5.81. The van der Waals surface area contributed by atoms with Crippen LogP contribution in [0.4, 0.5) is 0 Å². The van der Waals surface area contributed by atoms with Crippen molar-refractivity contribution >= 4 is 16.0 Å². The highest BCUT2D eigenvalue weighted by molar-refractivity contribution is 7.89. The summed E-state index contributed by atoms with van der Waals surface area (Å²) in [4.78, 5) is 10.9. The number of nitrogens with one attached hydrogen (secondary N) is 1. The minimum atomic E-state index is -3.83. The molecule has 1 heterocycles. The fourth-order valence-corrected chi connectivity index (χ4v) is 2.46. The molecule has 0 aliphatic heterocycles. The van der Waals surface area contributed by atoms with Gasteiger partial charge in [0.25, 0.3) is 0 Å². The Morgan fingerprint density at radius 3 is 2.59 bits per heavy atom. The molecule has 0 amide bonds. The van der Waals surface area contributed by atoms with E-state index in [9.17, 15) is 13.2 Å². The number of hydrogen-bond donors (Lipinski definition) is 2. The highest BCUT2D eigenvalue weighted by Crippen LogP contribution is 2.12. The molecular formula is C10H15NO5S. The van der Waals surface area contributed by atoms with Crippen molar-refractivity contribution in [2.45, 2.75) is 31.2 Å². The lowest BCUT2D eigenvalue weighted by molar-refractivity contribution is -0.139. The van der Waals surface area contributed by atoms with Crippen molar-refractivity contribution in [3.8, 4) is 0 Å². The lowest BCUT2D eigenvalue weighted by Gasteiger charge is -2.15. The summed E-state index contributed by atoms with van der Waals surface area (Å²) in [6, 6.07) is 0.131. The normalized spacial score (nSPS) is 13.8. The molecule has 1 rings (SSSR count). The summed E-state index contributed by atoms with van der Waals surface area (Å²) >= 11 is 0. The molecule has 1 aromatic heterocycles. The molecule has 0 saturated heterocycles. The molecule has 96 valence electrons. The Hall–Kier alpha value is -1.34. The minimum absolute atomic E-state index is 0.0724. The predicted molar refractivity (Wildman–Crippen MR) is 59.9 cm³/mol. The van der Waals surface area contributed by atoms with E-state index >= 15 is 0 Å². The van der Waals surface area contributed by atoms with Crippen molar-refractivity contribution in [2.24, 2.45) is 5.92 Å². The van der Waals surface area contributed by atoms with Crippen molar-refractivity contribution in [1.82, 2.24) is 4.72 Å². The van der Waals surface area contributed by atoms with Gasteiger partial charge < -0.3 is 9.52 Å². The lowest BCUT2D eigenvalue weighted by atomic mass is 10.1. The number of furan rings is 1. The molecular weight excluding hydrogens is 246 g/mol. The van der Waals surface area contributed by atoms with E-state index in [1.54, 1.807) is 0 Å². The standard InChI is InChI=1S/C10H15NO5S/c1-7(2)5-9(10(12)13)11-17(14,15)8-3-4-16-6-8/h3-4,6-7,9,11H,5H2,1-2H3,(H,12,13). The van der Waals surface area contributed by atoms with Gasteiger partial charge in [-0.05, 0) is 18.4 Å². The maximum atomic E-state index is 11.8. The van der Waals surface area contributed by atoms with Gasteiger partial charge in [-0.1, -0.05) is 13.8 Å². The summed E-state index contributed by atoms with van der Waals surface area (Å²) in [7, 11) is -3.83. The van der Waals surface area contributed by atoms with Gasteiger partial charge in [0.2, 0.25) is 10.0 Å². The summed E-state index contributed by atoms with van der Waals surface area (Å²) in [5.41, 5.74) is 0. The van der Waals surface area contributed by atoms with Crippen LogP contribution in [0.1, 0.15) is 20.3 Å². The SMILES string of the molecule is CC(C)CC(NS(=O)(=O)c1ccoc1)C(=O)O. The van der Waals surface area contributed by atoms with Gasteiger partial charge in [-0.25, -0.2) is 8.42 Å². The van der Waals surface area contributed by atoms with E-state index in [1.807, 2.05) is 13.8 Å². The summed E-state index contributed by atoms with van der Waals surface area (Å²) in [5, 5.41) is 8.93. The quantitative estimate of drug-likeness (QED) is 0.798. The van der Waals surface area contributed by atoms with E-state index in [2.05, 4.69) is 9.14 Å².